The SMILES string of the molecule is O=C(O)C(NCc1cncc(F)c1)C1CC1. The van der Waals surface area contributed by atoms with Gasteiger partial charge < -0.3 is 10.4 Å². The van der Waals surface area contributed by atoms with Gasteiger partial charge in [0.15, 0.2) is 0 Å². The summed E-state index contributed by atoms with van der Waals surface area (Å²) in [6, 6.07) is 0.828. The van der Waals surface area contributed by atoms with E-state index in [4.69, 9.17) is 5.11 Å². The summed E-state index contributed by atoms with van der Waals surface area (Å²) in [5, 5.41) is 11.9. The van der Waals surface area contributed by atoms with Gasteiger partial charge >= 0.3 is 5.97 Å². The van der Waals surface area contributed by atoms with E-state index < -0.39 is 17.8 Å². The van der Waals surface area contributed by atoms with Crippen LogP contribution in [0.4, 0.5) is 4.39 Å². The zero-order chi connectivity index (χ0) is 11.5. The summed E-state index contributed by atoms with van der Waals surface area (Å²) in [4.78, 5) is 14.6. The predicted octanol–water partition coefficient (Wildman–Crippen LogP) is 1.17. The Labute approximate surface area is 92.5 Å². The van der Waals surface area contributed by atoms with Crippen molar-refractivity contribution >= 4 is 5.97 Å². The van der Waals surface area contributed by atoms with Gasteiger partial charge in [-0.1, -0.05) is 0 Å². The maximum absolute atomic E-state index is 12.8. The minimum atomic E-state index is -0.841. The number of halogens is 1. The molecule has 1 aromatic rings. The Morgan fingerprint density at radius 3 is 2.94 bits per heavy atom. The van der Waals surface area contributed by atoms with E-state index in [1.807, 2.05) is 0 Å². The average Bonchev–Trinajstić information content (AvgIpc) is 3.02. The Hall–Kier alpha value is -1.49. The molecule has 1 aromatic heterocycles. The van der Waals surface area contributed by atoms with Crippen molar-refractivity contribution in [2.45, 2.75) is 25.4 Å². The summed E-state index contributed by atoms with van der Waals surface area (Å²) < 4.78 is 12.8. The molecular weight excluding hydrogens is 211 g/mol. The summed E-state index contributed by atoms with van der Waals surface area (Å²) in [7, 11) is 0. The molecule has 16 heavy (non-hydrogen) atoms. The minimum Gasteiger partial charge on any atom is -0.480 e. The lowest BCUT2D eigenvalue weighted by molar-refractivity contribution is -0.140. The number of pyridine rings is 1. The van der Waals surface area contributed by atoms with Crippen LogP contribution in [0.3, 0.4) is 0 Å². The molecule has 2 rings (SSSR count). The fourth-order valence-electron chi connectivity index (χ4n) is 1.67. The number of carboxylic acids is 1. The van der Waals surface area contributed by atoms with E-state index in [1.165, 1.54) is 12.3 Å². The van der Waals surface area contributed by atoms with Crippen molar-refractivity contribution in [3.05, 3.63) is 29.8 Å². The van der Waals surface area contributed by atoms with Crippen LogP contribution in [0.25, 0.3) is 0 Å². The second kappa shape index (κ2) is 4.57. The second-order valence-electron chi connectivity index (χ2n) is 4.05. The average molecular weight is 224 g/mol. The molecule has 0 aliphatic heterocycles. The Bertz CT molecular complexity index is 393. The Morgan fingerprint density at radius 2 is 2.38 bits per heavy atom. The van der Waals surface area contributed by atoms with Crippen LogP contribution >= 0.6 is 0 Å². The fourth-order valence-corrected chi connectivity index (χ4v) is 1.67. The van der Waals surface area contributed by atoms with Crippen LogP contribution in [0.5, 0.6) is 0 Å². The van der Waals surface area contributed by atoms with Crippen molar-refractivity contribution in [2.24, 2.45) is 5.92 Å². The highest BCUT2D eigenvalue weighted by molar-refractivity contribution is 5.74. The van der Waals surface area contributed by atoms with Crippen molar-refractivity contribution < 1.29 is 14.3 Å². The van der Waals surface area contributed by atoms with Crippen molar-refractivity contribution in [3.8, 4) is 0 Å². The number of hydrogen-bond donors (Lipinski definition) is 2. The van der Waals surface area contributed by atoms with E-state index in [-0.39, 0.29) is 5.92 Å². The molecule has 0 amide bonds. The topological polar surface area (TPSA) is 62.2 Å². The van der Waals surface area contributed by atoms with Gasteiger partial charge in [-0.25, -0.2) is 4.39 Å². The molecule has 0 saturated heterocycles. The van der Waals surface area contributed by atoms with Gasteiger partial charge in [-0.3, -0.25) is 9.78 Å². The lowest BCUT2D eigenvalue weighted by Crippen LogP contribution is -2.38. The number of rotatable bonds is 5. The monoisotopic (exact) mass is 224 g/mol. The van der Waals surface area contributed by atoms with Gasteiger partial charge in [0.2, 0.25) is 0 Å². The molecule has 0 aromatic carbocycles. The first-order chi connectivity index (χ1) is 7.66. The molecule has 1 aliphatic carbocycles. The van der Waals surface area contributed by atoms with E-state index in [0.717, 1.165) is 19.0 Å². The maximum atomic E-state index is 12.8. The highest BCUT2D eigenvalue weighted by Gasteiger charge is 2.35. The molecular formula is C11H13FN2O2. The summed E-state index contributed by atoms with van der Waals surface area (Å²) in [5.74, 6) is -1.02. The number of aromatic nitrogens is 1. The van der Waals surface area contributed by atoms with Crippen molar-refractivity contribution in [2.75, 3.05) is 0 Å². The molecule has 1 heterocycles. The lowest BCUT2D eigenvalue weighted by Gasteiger charge is -2.13. The quantitative estimate of drug-likeness (QED) is 0.788. The molecule has 1 unspecified atom stereocenters. The molecule has 2 N–H and O–H groups in total. The van der Waals surface area contributed by atoms with Gasteiger partial charge in [-0.15, -0.1) is 0 Å². The standard InChI is InChI=1S/C11H13FN2O2/c12-9-3-7(4-13-6-9)5-14-10(11(15)16)8-1-2-8/h3-4,6,8,10,14H,1-2,5H2,(H,15,16). The van der Waals surface area contributed by atoms with Crippen molar-refractivity contribution in [1.29, 1.82) is 0 Å². The third kappa shape index (κ3) is 2.76. The number of nitrogens with zero attached hydrogens (tertiary/aromatic N) is 1. The first-order valence-electron chi connectivity index (χ1n) is 5.22. The van der Waals surface area contributed by atoms with E-state index >= 15 is 0 Å². The van der Waals surface area contributed by atoms with Crippen LogP contribution in [0, 0.1) is 11.7 Å². The largest absolute Gasteiger partial charge is 0.480 e. The summed E-state index contributed by atoms with van der Waals surface area (Å²) in [5.41, 5.74) is 0.659. The van der Waals surface area contributed by atoms with Crippen LogP contribution < -0.4 is 5.32 Å². The zero-order valence-electron chi connectivity index (χ0n) is 8.69. The van der Waals surface area contributed by atoms with E-state index in [0.29, 0.717) is 12.1 Å². The molecule has 0 radical (unpaired) electrons. The third-order valence-electron chi connectivity index (χ3n) is 2.65. The number of aliphatic carboxylic acids is 1. The Kier molecular flexibility index (Phi) is 3.14. The lowest BCUT2D eigenvalue weighted by atomic mass is 10.1. The molecule has 4 nitrogen and oxygen atoms in total. The summed E-state index contributed by atoms with van der Waals surface area (Å²) >= 11 is 0. The van der Waals surface area contributed by atoms with Gasteiger partial charge in [0.05, 0.1) is 6.20 Å². The van der Waals surface area contributed by atoms with Gasteiger partial charge in [0.1, 0.15) is 11.9 Å². The van der Waals surface area contributed by atoms with E-state index in [1.54, 1.807) is 0 Å². The summed E-state index contributed by atoms with van der Waals surface area (Å²) in [6.45, 7) is 0.332. The minimum absolute atomic E-state index is 0.221. The molecule has 5 heteroatoms. The van der Waals surface area contributed by atoms with Crippen LogP contribution in [0.15, 0.2) is 18.5 Å². The van der Waals surface area contributed by atoms with Crippen LogP contribution in [-0.2, 0) is 11.3 Å². The molecule has 1 saturated carbocycles. The normalized spacial score (nSPS) is 17.1. The molecule has 1 atom stereocenters. The second-order valence-corrected chi connectivity index (χ2v) is 4.05. The molecule has 86 valence electrons. The number of hydrogen-bond acceptors (Lipinski definition) is 3. The summed E-state index contributed by atoms with van der Waals surface area (Å²) in [6.07, 6.45) is 4.55. The molecule has 1 aliphatic rings. The van der Waals surface area contributed by atoms with Gasteiger partial charge in [0.25, 0.3) is 0 Å². The van der Waals surface area contributed by atoms with Gasteiger partial charge in [0, 0.05) is 12.7 Å². The van der Waals surface area contributed by atoms with Crippen molar-refractivity contribution in [1.82, 2.24) is 10.3 Å². The molecule has 0 spiro atoms. The van der Waals surface area contributed by atoms with Crippen LogP contribution in [0.1, 0.15) is 18.4 Å². The van der Waals surface area contributed by atoms with Crippen molar-refractivity contribution in [3.63, 3.8) is 0 Å². The van der Waals surface area contributed by atoms with E-state index in [2.05, 4.69) is 10.3 Å². The number of carbonyl (C=O) groups is 1. The van der Waals surface area contributed by atoms with Gasteiger partial charge in [-0.2, -0.15) is 0 Å². The first-order valence-corrected chi connectivity index (χ1v) is 5.22. The maximum Gasteiger partial charge on any atom is 0.320 e. The highest BCUT2D eigenvalue weighted by atomic mass is 19.1. The first kappa shape index (κ1) is 11.0. The van der Waals surface area contributed by atoms with Crippen LogP contribution in [0.2, 0.25) is 0 Å². The third-order valence-corrected chi connectivity index (χ3v) is 2.65. The number of nitrogens with one attached hydrogen (secondary N) is 1. The molecule has 0 bridgehead atoms. The number of carboxylic acid groups (broad SMARTS) is 1. The Balaban J connectivity index is 1.92. The predicted molar refractivity (Wildman–Crippen MR) is 55.2 cm³/mol. The van der Waals surface area contributed by atoms with Gasteiger partial charge in [-0.05, 0) is 30.4 Å². The van der Waals surface area contributed by atoms with Crippen LogP contribution in [-0.4, -0.2) is 22.1 Å². The zero-order valence-corrected chi connectivity index (χ0v) is 8.69. The van der Waals surface area contributed by atoms with E-state index in [9.17, 15) is 9.18 Å². The highest BCUT2D eigenvalue weighted by Crippen LogP contribution is 2.32. The fraction of sp³-hybridized carbons (Fsp3) is 0.455. The molecule has 1 fully saturated rings. The Morgan fingerprint density at radius 1 is 1.62 bits per heavy atom. The smallest absolute Gasteiger partial charge is 0.320 e.